The Balaban J connectivity index is 4.22. The highest BCUT2D eigenvalue weighted by atomic mass is 32.2. The van der Waals surface area contributed by atoms with Gasteiger partial charge >= 0.3 is 11.4 Å². The molecule has 0 aromatic heterocycles. The molecular weight excluding hydrogens is 190 g/mol. The highest BCUT2D eigenvalue weighted by Crippen LogP contribution is 2.00. The quantitative estimate of drug-likeness (QED) is 0.358. The van der Waals surface area contributed by atoms with Gasteiger partial charge in [0.2, 0.25) is 0 Å². The van der Waals surface area contributed by atoms with Gasteiger partial charge in [-0.05, 0) is 0 Å². The predicted molar refractivity (Wildman–Crippen MR) is 37.9 cm³/mol. The van der Waals surface area contributed by atoms with E-state index < -0.39 is 36.1 Å². The molecule has 0 spiro atoms. The molecule has 0 aliphatic carbocycles. The molecule has 0 aliphatic rings. The molecule has 5 N–H and O–H groups in total. The minimum atomic E-state index is -2.71. The largest absolute Gasteiger partial charge is 0.394 e. The predicted octanol–water partition coefficient (Wildman–Crippen LogP) is -2.65. The Morgan fingerprint density at radius 1 is 1.67 bits per heavy atom. The maximum atomic E-state index is 10.4. The van der Waals surface area contributed by atoms with Crippen LogP contribution in [0.1, 0.15) is 0 Å². The number of hydrogen-bond acceptors (Lipinski definition) is 5. The van der Waals surface area contributed by atoms with Gasteiger partial charge in [0.25, 0.3) is 5.91 Å². The van der Waals surface area contributed by atoms with Crippen LogP contribution in [0.4, 0.5) is 0 Å². The van der Waals surface area contributed by atoms with Crippen molar-refractivity contribution in [3.05, 3.63) is 0 Å². The van der Waals surface area contributed by atoms with Gasteiger partial charge in [0.05, 0.1) is 6.61 Å². The first-order valence-electron chi connectivity index (χ1n) is 2.85. The van der Waals surface area contributed by atoms with E-state index in [1.165, 1.54) is 0 Å². The van der Waals surface area contributed by atoms with Crippen LogP contribution in [-0.2, 0) is 20.3 Å². The standard InChI is InChI=1S/C4H9NO6S/c5-4(8)3(2(7)1-6)11-12(9)10/h2-3,6-7H,1H2,(H2,5,8)(H,9,10). The second kappa shape index (κ2) is 5.17. The number of rotatable bonds is 5. The number of amides is 1. The molecule has 0 rings (SSSR count). The van der Waals surface area contributed by atoms with Crippen molar-refractivity contribution < 1.29 is 28.0 Å². The fourth-order valence-corrected chi connectivity index (χ4v) is 0.886. The first-order valence-corrected chi connectivity index (χ1v) is 3.88. The number of hydrogen-bond donors (Lipinski definition) is 4. The summed E-state index contributed by atoms with van der Waals surface area (Å²) in [5.74, 6) is -1.13. The van der Waals surface area contributed by atoms with Gasteiger partial charge in [-0.3, -0.25) is 13.5 Å². The van der Waals surface area contributed by atoms with Crippen LogP contribution in [-0.4, -0.2) is 43.7 Å². The average Bonchev–Trinajstić information content (AvgIpc) is 1.98. The molecule has 0 aromatic carbocycles. The molecule has 0 fully saturated rings. The van der Waals surface area contributed by atoms with Crippen molar-refractivity contribution in [3.63, 3.8) is 0 Å². The van der Waals surface area contributed by atoms with E-state index >= 15 is 0 Å². The van der Waals surface area contributed by atoms with E-state index in [9.17, 15) is 9.00 Å². The van der Waals surface area contributed by atoms with Crippen LogP contribution in [0.2, 0.25) is 0 Å². The first-order chi connectivity index (χ1) is 5.49. The van der Waals surface area contributed by atoms with E-state index in [4.69, 9.17) is 14.8 Å². The third-order valence-corrected chi connectivity index (χ3v) is 1.37. The molecule has 3 unspecified atom stereocenters. The van der Waals surface area contributed by atoms with E-state index in [1.54, 1.807) is 0 Å². The van der Waals surface area contributed by atoms with Gasteiger partial charge in [-0.1, -0.05) is 0 Å². The molecule has 1 amide bonds. The summed E-state index contributed by atoms with van der Waals surface area (Å²) in [6.07, 6.45) is -3.28. The summed E-state index contributed by atoms with van der Waals surface area (Å²) in [5.41, 5.74) is 4.68. The maximum Gasteiger partial charge on any atom is 0.302 e. The number of carbonyl (C=O) groups is 1. The fraction of sp³-hybridized carbons (Fsp3) is 0.750. The van der Waals surface area contributed by atoms with Crippen molar-refractivity contribution in [1.29, 1.82) is 0 Å². The molecule has 72 valence electrons. The third kappa shape index (κ3) is 3.74. The van der Waals surface area contributed by atoms with Gasteiger partial charge in [-0.15, -0.1) is 0 Å². The minimum Gasteiger partial charge on any atom is -0.394 e. The lowest BCUT2D eigenvalue weighted by molar-refractivity contribution is -0.130. The van der Waals surface area contributed by atoms with E-state index in [0.717, 1.165) is 0 Å². The zero-order chi connectivity index (χ0) is 9.72. The van der Waals surface area contributed by atoms with E-state index in [-0.39, 0.29) is 0 Å². The molecule has 0 aromatic rings. The monoisotopic (exact) mass is 199 g/mol. The Morgan fingerprint density at radius 2 is 2.17 bits per heavy atom. The van der Waals surface area contributed by atoms with Crippen LogP contribution >= 0.6 is 0 Å². The topological polar surface area (TPSA) is 130 Å². The van der Waals surface area contributed by atoms with Gasteiger partial charge < -0.3 is 15.9 Å². The Hall–Kier alpha value is -0.540. The van der Waals surface area contributed by atoms with Crippen LogP contribution < -0.4 is 5.73 Å². The molecule has 7 nitrogen and oxygen atoms in total. The molecule has 0 radical (unpaired) electrons. The Kier molecular flexibility index (Phi) is 4.93. The third-order valence-electron chi connectivity index (χ3n) is 1.00. The zero-order valence-electron chi connectivity index (χ0n) is 5.91. The Labute approximate surface area is 70.6 Å². The first kappa shape index (κ1) is 11.5. The van der Waals surface area contributed by atoms with Crippen LogP contribution in [0.3, 0.4) is 0 Å². The minimum absolute atomic E-state index is 0.787. The lowest BCUT2D eigenvalue weighted by atomic mass is 10.2. The summed E-state index contributed by atoms with van der Waals surface area (Å²) in [6.45, 7) is -0.787. The molecule has 0 aliphatic heterocycles. The van der Waals surface area contributed by atoms with E-state index in [1.807, 2.05) is 0 Å². The number of aliphatic hydroxyl groups is 2. The highest BCUT2D eigenvalue weighted by molar-refractivity contribution is 7.74. The summed E-state index contributed by atoms with van der Waals surface area (Å²) in [5, 5.41) is 17.2. The van der Waals surface area contributed by atoms with E-state index in [0.29, 0.717) is 0 Å². The number of primary amides is 1. The SMILES string of the molecule is NC(=O)C(OS(=O)O)C(O)CO. The van der Waals surface area contributed by atoms with Crippen molar-refractivity contribution in [2.75, 3.05) is 6.61 Å². The number of aliphatic hydroxyl groups excluding tert-OH is 2. The highest BCUT2D eigenvalue weighted by Gasteiger charge is 2.27. The fourth-order valence-electron chi connectivity index (χ4n) is 0.486. The van der Waals surface area contributed by atoms with Crippen molar-refractivity contribution in [2.24, 2.45) is 5.73 Å². The van der Waals surface area contributed by atoms with Crippen molar-refractivity contribution in [2.45, 2.75) is 12.2 Å². The van der Waals surface area contributed by atoms with E-state index in [2.05, 4.69) is 9.92 Å². The molecular formula is C4H9NO6S. The lowest BCUT2D eigenvalue weighted by Crippen LogP contribution is -2.43. The van der Waals surface area contributed by atoms with Gasteiger partial charge in [0, 0.05) is 0 Å². The lowest BCUT2D eigenvalue weighted by Gasteiger charge is -2.15. The Morgan fingerprint density at radius 3 is 2.42 bits per heavy atom. The summed E-state index contributed by atoms with van der Waals surface area (Å²) in [4.78, 5) is 10.4. The molecule has 0 saturated heterocycles. The van der Waals surface area contributed by atoms with Gasteiger partial charge in [0.1, 0.15) is 6.10 Å². The number of nitrogens with two attached hydrogens (primary N) is 1. The normalized spacial score (nSPS) is 18.2. The molecule has 8 heteroatoms. The Bertz CT molecular complexity index is 184. The zero-order valence-corrected chi connectivity index (χ0v) is 6.73. The van der Waals surface area contributed by atoms with Crippen LogP contribution in [0, 0.1) is 0 Å². The van der Waals surface area contributed by atoms with Crippen molar-refractivity contribution in [1.82, 2.24) is 0 Å². The van der Waals surface area contributed by atoms with Crippen molar-refractivity contribution >= 4 is 17.3 Å². The molecule has 0 bridgehead atoms. The van der Waals surface area contributed by atoms with Gasteiger partial charge in [-0.2, -0.15) is 4.21 Å². The smallest absolute Gasteiger partial charge is 0.302 e. The molecule has 3 atom stereocenters. The van der Waals surface area contributed by atoms with Crippen LogP contribution in [0.15, 0.2) is 0 Å². The average molecular weight is 199 g/mol. The maximum absolute atomic E-state index is 10.4. The van der Waals surface area contributed by atoms with Gasteiger partial charge in [0.15, 0.2) is 6.10 Å². The number of carbonyl (C=O) groups excluding carboxylic acids is 1. The second-order valence-corrected chi connectivity index (χ2v) is 2.51. The molecule has 0 heterocycles. The summed E-state index contributed by atoms with van der Waals surface area (Å²) >= 11 is -2.71. The summed E-state index contributed by atoms with van der Waals surface area (Å²) in [6, 6.07) is 0. The van der Waals surface area contributed by atoms with Crippen LogP contribution in [0.5, 0.6) is 0 Å². The van der Waals surface area contributed by atoms with Gasteiger partial charge in [-0.25, -0.2) is 0 Å². The summed E-state index contributed by atoms with van der Waals surface area (Å²) in [7, 11) is 0. The van der Waals surface area contributed by atoms with Crippen molar-refractivity contribution in [3.8, 4) is 0 Å². The second-order valence-electron chi connectivity index (χ2n) is 1.89. The molecule has 12 heavy (non-hydrogen) atoms. The van der Waals surface area contributed by atoms with Crippen LogP contribution in [0.25, 0.3) is 0 Å². The summed E-state index contributed by atoms with van der Waals surface area (Å²) < 4.78 is 22.2. The molecule has 0 saturated carbocycles.